The van der Waals surface area contributed by atoms with Crippen LogP contribution in [0.15, 0.2) is 91.0 Å². The van der Waals surface area contributed by atoms with E-state index >= 15 is 0 Å². The van der Waals surface area contributed by atoms with Crippen LogP contribution in [0.25, 0.3) is 5.76 Å². The van der Waals surface area contributed by atoms with Crippen molar-refractivity contribution >= 4 is 17.4 Å². The maximum atomic E-state index is 13.4. The fourth-order valence-electron chi connectivity index (χ4n) is 5.12. The van der Waals surface area contributed by atoms with Gasteiger partial charge in [-0.25, -0.2) is 4.98 Å². The Balaban J connectivity index is 1.46. The molecule has 1 N–H and O–H groups in total. The van der Waals surface area contributed by atoms with Gasteiger partial charge in [-0.2, -0.15) is 0 Å². The van der Waals surface area contributed by atoms with E-state index in [0.29, 0.717) is 54.5 Å². The highest BCUT2D eigenvalue weighted by Gasteiger charge is 2.46. The summed E-state index contributed by atoms with van der Waals surface area (Å²) >= 11 is 0. The minimum atomic E-state index is -0.815. The molecule has 1 aromatic heterocycles. The number of hydrogen-bond acceptors (Lipinski definition) is 7. The monoisotopic (exact) mass is 567 g/mol. The molecular weight excluding hydrogens is 534 g/mol. The van der Waals surface area contributed by atoms with E-state index in [1.807, 2.05) is 42.0 Å². The first kappa shape index (κ1) is 28.5. The Kier molecular flexibility index (Phi) is 8.57. The second-order valence-electron chi connectivity index (χ2n) is 10.0. The molecule has 0 aliphatic carbocycles. The van der Waals surface area contributed by atoms with Crippen LogP contribution in [0.3, 0.4) is 0 Å². The standard InChI is InChI=1S/C33H33N3O6/c1-22-7-4-5-8-25(22)20-42-26-12-9-23(10-13-26)31(37)29-30(24-11-14-27(40-2)28(19-24)41-3)36(33(39)32(29)38)17-6-16-35-18-15-34-21-35/h4-5,7-15,18-19,21,30,37H,6,16-17,20H2,1-3H3/b31-29+. The topological polar surface area (TPSA) is 103 Å². The summed E-state index contributed by atoms with van der Waals surface area (Å²) < 4.78 is 18.7. The number of aliphatic hydroxyl groups excluding tert-OH is 1. The number of nitrogens with zero attached hydrogens (tertiary/aromatic N) is 3. The van der Waals surface area contributed by atoms with Crippen LogP contribution in [0.5, 0.6) is 17.2 Å². The van der Waals surface area contributed by atoms with E-state index < -0.39 is 17.7 Å². The van der Waals surface area contributed by atoms with Crippen molar-refractivity contribution in [2.45, 2.75) is 32.5 Å². The smallest absolute Gasteiger partial charge is 0.295 e. The number of aliphatic hydroxyl groups is 1. The zero-order valence-electron chi connectivity index (χ0n) is 23.8. The Morgan fingerprint density at radius 1 is 0.952 bits per heavy atom. The van der Waals surface area contributed by atoms with Gasteiger partial charge in [-0.05, 0) is 66.4 Å². The lowest BCUT2D eigenvalue weighted by Crippen LogP contribution is -2.31. The lowest BCUT2D eigenvalue weighted by molar-refractivity contribution is -0.139. The van der Waals surface area contributed by atoms with Gasteiger partial charge in [0.15, 0.2) is 11.5 Å². The van der Waals surface area contributed by atoms with Crippen molar-refractivity contribution in [3.05, 3.63) is 113 Å². The molecule has 4 aromatic rings. The van der Waals surface area contributed by atoms with Crippen LogP contribution in [-0.4, -0.2) is 52.0 Å². The quantitative estimate of drug-likeness (QED) is 0.149. The number of hydrogen-bond donors (Lipinski definition) is 1. The molecule has 9 heteroatoms. The van der Waals surface area contributed by atoms with Crippen molar-refractivity contribution in [2.75, 3.05) is 20.8 Å². The Morgan fingerprint density at radius 3 is 2.40 bits per heavy atom. The number of benzene rings is 3. The first-order valence-electron chi connectivity index (χ1n) is 13.6. The molecule has 9 nitrogen and oxygen atoms in total. The maximum Gasteiger partial charge on any atom is 0.295 e. The van der Waals surface area contributed by atoms with Crippen molar-refractivity contribution in [1.82, 2.24) is 14.5 Å². The minimum Gasteiger partial charge on any atom is -0.507 e. The number of ether oxygens (including phenoxy) is 3. The lowest BCUT2D eigenvalue weighted by atomic mass is 9.95. The van der Waals surface area contributed by atoms with Gasteiger partial charge in [0.05, 0.1) is 32.2 Å². The summed E-state index contributed by atoms with van der Waals surface area (Å²) in [6.07, 6.45) is 5.82. The number of aromatic nitrogens is 2. The molecule has 1 unspecified atom stereocenters. The van der Waals surface area contributed by atoms with Gasteiger partial charge < -0.3 is 28.8 Å². The van der Waals surface area contributed by atoms with E-state index in [1.165, 1.54) is 19.1 Å². The van der Waals surface area contributed by atoms with Crippen LogP contribution in [0.2, 0.25) is 0 Å². The van der Waals surface area contributed by atoms with Crippen LogP contribution in [0, 0.1) is 6.92 Å². The van der Waals surface area contributed by atoms with Crippen LogP contribution >= 0.6 is 0 Å². The first-order valence-corrected chi connectivity index (χ1v) is 13.6. The number of imidazole rings is 1. The zero-order chi connectivity index (χ0) is 29.6. The Morgan fingerprint density at radius 2 is 1.71 bits per heavy atom. The Labute approximate surface area is 244 Å². The molecule has 1 atom stereocenters. The van der Waals surface area contributed by atoms with Crippen LogP contribution in [0.4, 0.5) is 0 Å². The minimum absolute atomic E-state index is 0.0171. The number of ketones is 1. The highest BCUT2D eigenvalue weighted by Crippen LogP contribution is 2.42. The molecule has 3 aromatic carbocycles. The molecule has 2 heterocycles. The number of likely N-dealkylation sites (tertiary alicyclic amines) is 1. The molecule has 1 saturated heterocycles. The fraction of sp³-hybridized carbons (Fsp3) is 0.242. The molecule has 0 saturated carbocycles. The van der Waals surface area contributed by atoms with Crippen molar-refractivity contribution in [2.24, 2.45) is 0 Å². The van der Waals surface area contributed by atoms with E-state index in [4.69, 9.17) is 14.2 Å². The van der Waals surface area contributed by atoms with E-state index in [1.54, 1.807) is 55.0 Å². The SMILES string of the molecule is COc1ccc(C2/C(=C(\O)c3ccc(OCc4ccccc4C)cc3)C(=O)C(=O)N2CCCn2ccnc2)cc1OC. The highest BCUT2D eigenvalue weighted by molar-refractivity contribution is 6.46. The molecular formula is C33H33N3O6. The van der Waals surface area contributed by atoms with Gasteiger partial charge in [0.1, 0.15) is 18.1 Å². The summed E-state index contributed by atoms with van der Waals surface area (Å²) in [5.41, 5.74) is 3.25. The van der Waals surface area contributed by atoms with Crippen LogP contribution in [-0.2, 0) is 22.7 Å². The number of carbonyl (C=O) groups is 2. The zero-order valence-corrected chi connectivity index (χ0v) is 23.8. The third kappa shape index (κ3) is 5.85. The largest absolute Gasteiger partial charge is 0.507 e. The van der Waals surface area contributed by atoms with Crippen molar-refractivity contribution in [3.63, 3.8) is 0 Å². The van der Waals surface area contributed by atoms with E-state index in [9.17, 15) is 14.7 Å². The summed E-state index contributed by atoms with van der Waals surface area (Å²) in [5, 5.41) is 11.5. The second kappa shape index (κ2) is 12.6. The molecule has 1 fully saturated rings. The van der Waals surface area contributed by atoms with Crippen molar-refractivity contribution in [3.8, 4) is 17.2 Å². The maximum absolute atomic E-state index is 13.4. The fourth-order valence-corrected chi connectivity index (χ4v) is 5.12. The summed E-state index contributed by atoms with van der Waals surface area (Å²) in [6, 6.07) is 19.2. The molecule has 0 bridgehead atoms. The molecule has 1 aliphatic rings. The molecule has 1 aliphatic heterocycles. The predicted octanol–water partition coefficient (Wildman–Crippen LogP) is 5.30. The number of methoxy groups -OCH3 is 2. The second-order valence-corrected chi connectivity index (χ2v) is 10.0. The van der Waals surface area contributed by atoms with Crippen LogP contribution < -0.4 is 14.2 Å². The Hall–Kier alpha value is -5.05. The van der Waals surface area contributed by atoms with Gasteiger partial charge in [0.2, 0.25) is 0 Å². The normalized spacial score (nSPS) is 16.1. The molecule has 0 radical (unpaired) electrons. The van der Waals surface area contributed by atoms with E-state index in [0.717, 1.165) is 11.1 Å². The number of aryl methyl sites for hydroxylation is 2. The van der Waals surface area contributed by atoms with Gasteiger partial charge in [-0.3, -0.25) is 9.59 Å². The summed E-state index contributed by atoms with van der Waals surface area (Å²) in [7, 11) is 3.06. The third-order valence-electron chi connectivity index (χ3n) is 7.42. The molecule has 0 spiro atoms. The van der Waals surface area contributed by atoms with Gasteiger partial charge in [0, 0.05) is 31.0 Å². The number of carbonyl (C=O) groups excluding carboxylic acids is 2. The lowest BCUT2D eigenvalue weighted by Gasteiger charge is -2.26. The predicted molar refractivity (Wildman–Crippen MR) is 157 cm³/mol. The van der Waals surface area contributed by atoms with E-state index in [-0.39, 0.29) is 11.3 Å². The highest BCUT2D eigenvalue weighted by atomic mass is 16.5. The number of amides is 1. The molecule has 216 valence electrons. The van der Waals surface area contributed by atoms with Crippen LogP contribution in [0.1, 0.15) is 34.7 Å². The number of rotatable bonds is 11. The summed E-state index contributed by atoms with van der Waals surface area (Å²) in [4.78, 5) is 32.3. The molecule has 1 amide bonds. The van der Waals surface area contributed by atoms with Crippen molar-refractivity contribution in [1.29, 1.82) is 0 Å². The van der Waals surface area contributed by atoms with E-state index in [2.05, 4.69) is 4.98 Å². The van der Waals surface area contributed by atoms with Crippen molar-refractivity contribution < 1.29 is 28.9 Å². The summed E-state index contributed by atoms with van der Waals surface area (Å²) in [5.74, 6) is -0.0782. The van der Waals surface area contributed by atoms with Gasteiger partial charge in [0.25, 0.3) is 11.7 Å². The van der Waals surface area contributed by atoms with Gasteiger partial charge >= 0.3 is 0 Å². The first-order chi connectivity index (χ1) is 20.4. The molecule has 42 heavy (non-hydrogen) atoms. The number of Topliss-reactive ketones (excluding diaryl/α,β-unsaturated/α-hetero) is 1. The Bertz CT molecular complexity index is 1590. The third-order valence-corrected chi connectivity index (χ3v) is 7.42. The average molecular weight is 568 g/mol. The average Bonchev–Trinajstić information content (AvgIpc) is 3.62. The van der Waals surface area contributed by atoms with Gasteiger partial charge in [-0.15, -0.1) is 0 Å². The summed E-state index contributed by atoms with van der Waals surface area (Å²) in [6.45, 7) is 3.35. The van der Waals surface area contributed by atoms with Gasteiger partial charge in [-0.1, -0.05) is 30.3 Å². The molecule has 5 rings (SSSR count).